The molecule has 4 aliphatic rings. The maximum atomic E-state index is 14.4. The molecule has 139 heavy (non-hydrogen) atoms. The zero-order chi connectivity index (χ0) is 102. The molecule has 786 valence electrons. The van der Waals surface area contributed by atoms with Crippen molar-refractivity contribution in [1.82, 2.24) is 121 Å². The maximum absolute atomic E-state index is 14.4. The minimum atomic E-state index is -1.91. The third-order valence-corrected chi connectivity index (χ3v) is 23.8. The van der Waals surface area contributed by atoms with Gasteiger partial charge in [-0.1, -0.05) is 0 Å². The van der Waals surface area contributed by atoms with Gasteiger partial charge in [0.1, 0.15) is 0 Å². The molecule has 14 N–H and O–H groups in total. The molecule has 8 amide bonds. The van der Waals surface area contributed by atoms with E-state index in [2.05, 4.69) is 42.5 Å². The Kier molecular flexibility index (Phi) is 61.7. The summed E-state index contributed by atoms with van der Waals surface area (Å²) in [7, 11) is 0. The van der Waals surface area contributed by atoms with Gasteiger partial charge >= 0.3 is 116 Å². The molecule has 0 aromatic carbocycles. The van der Waals surface area contributed by atoms with Crippen LogP contribution in [0.25, 0.3) is 0 Å². The third-order valence-electron chi connectivity index (χ3n) is 23.8. The molecule has 0 aromatic rings. The summed E-state index contributed by atoms with van der Waals surface area (Å²) in [4.78, 5) is 283. The summed E-state index contributed by atoms with van der Waals surface area (Å²) in [5, 5.41) is 151. The number of hydrogen-bond donors (Lipinski definition) is 14. The van der Waals surface area contributed by atoms with Gasteiger partial charge in [0.15, 0.2) is 0 Å². The fraction of sp³-hybridized carbons (Fsp3) is 0.753. The molecular weight excluding hydrogens is 2140 g/mol. The number of carboxylic acids is 12. The minimum absolute atomic E-state index is 0. The van der Waals surface area contributed by atoms with Gasteiger partial charge in [-0.2, -0.15) is 0 Å². The molecule has 4 fully saturated rings. The first-order chi connectivity index (χ1) is 64.6. The number of amides is 8. The molecule has 0 saturated carbocycles. The van der Waals surface area contributed by atoms with E-state index in [4.69, 9.17) is 0 Å². The zero-order valence-corrected chi connectivity index (χ0v) is 83.3. The third kappa shape index (κ3) is 55.0. The van der Waals surface area contributed by atoms with E-state index >= 15 is 0 Å². The Morgan fingerprint density at radius 3 is 0.439 bits per heavy atom. The molecule has 4 heterocycles. The Morgan fingerprint density at radius 2 is 0.324 bits per heavy atom. The number of carboxylic acid groups (broad SMARTS) is 12. The van der Waals surface area contributed by atoms with Crippen molar-refractivity contribution < 1.29 is 237 Å². The number of rotatable bonds is 48. The fourth-order valence-corrected chi connectivity index (χ4v) is 15.6. The molecule has 58 heteroatoms. The van der Waals surface area contributed by atoms with Crippen molar-refractivity contribution in [2.45, 2.75) is 51.9 Å². The second-order valence-corrected chi connectivity index (χ2v) is 34.2. The standard InChI is InChI=1S/C81H140N24O32.2Gd/c1-57(102-29-21-94(45-69(118)119)13-5-90(41-65(110)111)6-14-95(22-30-102)46-70(120)121)77(134)82-37-61(106)86-53-81(54-87-62(107)38-83-78(135)58(2)103-31-23-96(47-71(122)123)15-7-91(42-66(112)113)8-16-97(24-32-103)48-72(124)125,55-88-63(108)39-84-79(136)59(3)104-33-25-98(49-73(126)127)17-9-92(43-67(114)115)10-18-99(26-34-104)50-74(128)129)56-89-64(109)40-85-80(137)60(4)105-35-27-100(51-75(130)131)19-11-93(44-68(116)117)12-20-101(28-36-105)52-76(132)133;;/h57-60H,5-56H2,1-4H3,(H,82,134)(H,83,135)(H,84,136)(H,85,137)(H,86,106)(H,87,107)(H,88,108)(H,89,109)(H,110,111)(H,112,113)(H,114,115)(H,116,117)(H,118,119)(H,120,121)(H,122,123)(H,124,125)(H,126,127)(H,128,129)(H,130,131)(H,132,133);;/q;2*+3/p-6. The van der Waals surface area contributed by atoms with Gasteiger partial charge in [-0.25, -0.2) is 0 Å². The summed E-state index contributed by atoms with van der Waals surface area (Å²) < 4.78 is 0. The van der Waals surface area contributed by atoms with Gasteiger partial charge < -0.3 is 133 Å². The second-order valence-electron chi connectivity index (χ2n) is 34.2. The van der Waals surface area contributed by atoms with Crippen LogP contribution in [-0.2, 0) is 95.9 Å². The van der Waals surface area contributed by atoms with Crippen LogP contribution in [0, 0.1) is 85.3 Å². The van der Waals surface area contributed by atoms with Gasteiger partial charge in [-0.15, -0.1) is 0 Å². The molecule has 56 nitrogen and oxygen atoms in total. The summed E-state index contributed by atoms with van der Waals surface area (Å²) in [6.07, 6.45) is 0. The van der Waals surface area contributed by atoms with Crippen molar-refractivity contribution >= 4 is 119 Å². The molecule has 0 aromatic heterocycles. The molecule has 4 saturated heterocycles. The summed E-state index contributed by atoms with van der Waals surface area (Å²) in [5.74, 6) is -23.3. The van der Waals surface area contributed by atoms with Crippen molar-refractivity contribution in [2.75, 3.05) is 340 Å². The van der Waals surface area contributed by atoms with Crippen molar-refractivity contribution in [3.63, 3.8) is 0 Å². The van der Waals surface area contributed by atoms with Crippen molar-refractivity contribution in [1.29, 1.82) is 0 Å². The van der Waals surface area contributed by atoms with Crippen LogP contribution >= 0.6 is 0 Å². The predicted molar refractivity (Wildman–Crippen MR) is 464 cm³/mol. The number of carbonyl (C=O) groups is 20. The van der Waals surface area contributed by atoms with Crippen LogP contribution in [-0.4, -0.2) is 592 Å². The molecule has 0 spiro atoms. The molecule has 4 aliphatic heterocycles. The second kappa shape index (κ2) is 67.8. The van der Waals surface area contributed by atoms with Crippen LogP contribution in [0.5, 0.6) is 0 Å². The average molecular weight is 2270 g/mol. The molecular formula is C81H134Gd2N24O32. The zero-order valence-electron chi connectivity index (χ0n) is 78.7. The summed E-state index contributed by atoms with van der Waals surface area (Å²) in [6, 6.07) is -4.65. The predicted octanol–water partition coefficient (Wildman–Crippen LogP) is -21.7. The van der Waals surface area contributed by atoms with E-state index < -0.39 is 279 Å². The van der Waals surface area contributed by atoms with E-state index in [0.717, 1.165) is 0 Å². The van der Waals surface area contributed by atoms with Gasteiger partial charge in [-0.3, -0.25) is 146 Å². The Labute approximate surface area is 868 Å². The van der Waals surface area contributed by atoms with Crippen LogP contribution in [0.1, 0.15) is 27.7 Å². The Morgan fingerprint density at radius 1 is 0.209 bits per heavy atom. The maximum Gasteiger partial charge on any atom is 3.00 e. The molecule has 4 rings (SSSR count). The quantitative estimate of drug-likeness (QED) is 0.0269. The number of aliphatic carboxylic acids is 12. The van der Waals surface area contributed by atoms with Crippen LogP contribution in [0.4, 0.5) is 0 Å². The first-order valence-corrected chi connectivity index (χ1v) is 45.0. The molecule has 5 unspecified atom stereocenters. The molecule has 0 aliphatic carbocycles. The summed E-state index contributed by atoms with van der Waals surface area (Å²) >= 11 is 0. The summed E-state index contributed by atoms with van der Waals surface area (Å²) in [5.41, 5.74) is -1.91. The largest absolute Gasteiger partial charge is 3.00 e. The fourth-order valence-electron chi connectivity index (χ4n) is 15.6. The van der Waals surface area contributed by atoms with Crippen LogP contribution in [0.2, 0.25) is 0 Å². The van der Waals surface area contributed by atoms with Crippen LogP contribution < -0.4 is 73.2 Å². The van der Waals surface area contributed by atoms with Crippen molar-refractivity contribution in [2.24, 2.45) is 5.41 Å². The molecule has 5 atom stereocenters. The van der Waals surface area contributed by atoms with Gasteiger partial charge in [0.25, 0.3) is 0 Å². The van der Waals surface area contributed by atoms with Gasteiger partial charge in [0.2, 0.25) is 47.3 Å². The smallest absolute Gasteiger partial charge is 0.549 e. The topological polar surface area (TPSA) is 749 Å². The van der Waals surface area contributed by atoms with Gasteiger partial charge in [0, 0.05) is 280 Å². The molecule has 0 bridgehead atoms. The van der Waals surface area contributed by atoms with E-state index in [1.807, 2.05) is 0 Å². The van der Waals surface area contributed by atoms with Crippen molar-refractivity contribution in [3.8, 4) is 0 Å². The number of nitrogens with one attached hydrogen (secondary N) is 8. The SMILES string of the molecule is CC(C(=O)NCC(=O)NCC(CNC(=O)CNC(=O)C(C)N1CCN(CC(=O)[O-])CCN(CC(=O)[O-])CCN(CC(=O)O)CC1)(CNC(=O)CNC(=O)C(C)N1CCN(CC(=O)[O-])CCN(CC(=O)O)CCN(CC(=O)O)CC1)CNC(=O)CNC(=O)C(C)N1CCN(CC(=O)O)CCN(CC(=O)O)CCN(CC(=O)O)CC1)N1CCN(CC(=O)[O-])CCN(CC(=O)[O-])CCN(CC(=O)[O-])CC1.[Gd+3].[Gd+3]. The first-order valence-electron chi connectivity index (χ1n) is 45.0. The molecule has 2 radical (unpaired) electrons. The van der Waals surface area contributed by atoms with Crippen LogP contribution in [0.15, 0.2) is 0 Å². The van der Waals surface area contributed by atoms with Gasteiger partial charge in [0.05, 0.1) is 125 Å². The van der Waals surface area contributed by atoms with Crippen molar-refractivity contribution in [3.05, 3.63) is 0 Å². The summed E-state index contributed by atoms with van der Waals surface area (Å²) in [6.45, 7) is -7.51. The Balaban J connectivity index is 0.0000327. The van der Waals surface area contributed by atoms with Crippen LogP contribution in [0.3, 0.4) is 0 Å². The van der Waals surface area contributed by atoms with E-state index in [0.29, 0.717) is 0 Å². The van der Waals surface area contributed by atoms with E-state index in [-0.39, 0.29) is 289 Å². The number of hydrogen-bond acceptors (Lipinski definition) is 42. The average Bonchev–Trinajstić information content (AvgIpc) is 0.844. The van der Waals surface area contributed by atoms with E-state index in [1.165, 1.54) is 86.5 Å². The monoisotopic (exact) mass is 2270 g/mol. The van der Waals surface area contributed by atoms with E-state index in [1.54, 1.807) is 19.6 Å². The Hall–Kier alpha value is -8.59. The first kappa shape index (κ1) is 126. The Bertz CT molecular complexity index is 3410. The van der Waals surface area contributed by atoms with Gasteiger partial charge in [-0.05, 0) is 27.7 Å². The minimum Gasteiger partial charge on any atom is -0.549 e. The number of nitrogens with zero attached hydrogens (tertiary/aromatic N) is 16. The number of carbonyl (C=O) groups excluding carboxylic acids is 14. The van der Waals surface area contributed by atoms with E-state index in [9.17, 15) is 157 Å². The normalized spacial score (nSPS) is 19.3.